The number of aryl methyl sites for hydroxylation is 1. The largest absolute Gasteiger partial charge is 0.383 e. The van der Waals surface area contributed by atoms with Crippen molar-refractivity contribution in [1.29, 1.82) is 0 Å². The maximum Gasteiger partial charge on any atom is 0.222 e. The second-order valence-electron chi connectivity index (χ2n) is 5.99. The first-order chi connectivity index (χ1) is 10.0. The van der Waals surface area contributed by atoms with Crippen LogP contribution in [0.5, 0.6) is 0 Å². The molecule has 0 aromatic heterocycles. The molecule has 0 saturated heterocycles. The van der Waals surface area contributed by atoms with E-state index < -0.39 is 5.60 Å². The van der Waals surface area contributed by atoms with E-state index in [9.17, 15) is 9.90 Å². The molecule has 0 aliphatic heterocycles. The van der Waals surface area contributed by atoms with Crippen LogP contribution in [-0.2, 0) is 21.6 Å². The lowest BCUT2D eigenvalue weighted by atomic mass is 9.79. The fraction of sp³-hybridized carbons (Fsp3) is 0.588. The minimum absolute atomic E-state index is 0.0767. The van der Waals surface area contributed by atoms with Crippen LogP contribution in [-0.4, -0.2) is 30.3 Å². The van der Waals surface area contributed by atoms with E-state index in [0.717, 1.165) is 18.4 Å². The number of fused-ring (bicyclic) bond motifs is 1. The molecule has 1 unspecified atom stereocenters. The van der Waals surface area contributed by atoms with E-state index in [1.54, 1.807) is 0 Å². The van der Waals surface area contributed by atoms with Crippen molar-refractivity contribution in [3.05, 3.63) is 35.4 Å². The van der Waals surface area contributed by atoms with Crippen molar-refractivity contribution in [3.8, 4) is 0 Å². The topological polar surface area (TPSA) is 58.6 Å². The summed E-state index contributed by atoms with van der Waals surface area (Å²) in [6, 6.07) is 7.94. The standard InChI is InChI=1S/C17H25NO3/c1-13(2)21-11-9-16(19)18-12-17(20)10-5-7-14-6-3-4-8-15(14)17/h3-4,6,8,13,20H,5,7,9-12H2,1-2H3,(H,18,19). The fourth-order valence-corrected chi connectivity index (χ4v) is 2.80. The summed E-state index contributed by atoms with van der Waals surface area (Å²) < 4.78 is 5.36. The van der Waals surface area contributed by atoms with Gasteiger partial charge in [-0.3, -0.25) is 4.79 Å². The van der Waals surface area contributed by atoms with Gasteiger partial charge in [-0.05, 0) is 44.2 Å². The van der Waals surface area contributed by atoms with Gasteiger partial charge in [-0.2, -0.15) is 0 Å². The second-order valence-corrected chi connectivity index (χ2v) is 5.99. The average molecular weight is 291 g/mol. The van der Waals surface area contributed by atoms with Crippen molar-refractivity contribution in [2.75, 3.05) is 13.2 Å². The molecular formula is C17H25NO3. The van der Waals surface area contributed by atoms with Crippen LogP contribution in [0.1, 0.15) is 44.2 Å². The van der Waals surface area contributed by atoms with Crippen LogP contribution in [0.2, 0.25) is 0 Å². The summed E-state index contributed by atoms with van der Waals surface area (Å²) in [5, 5.41) is 13.7. The average Bonchev–Trinajstić information content (AvgIpc) is 2.45. The van der Waals surface area contributed by atoms with Crippen LogP contribution in [0.3, 0.4) is 0 Å². The molecule has 1 atom stereocenters. The highest BCUT2D eigenvalue weighted by molar-refractivity contribution is 5.76. The zero-order valence-corrected chi connectivity index (χ0v) is 12.9. The number of nitrogens with one attached hydrogen (secondary N) is 1. The Morgan fingerprint density at radius 3 is 2.95 bits per heavy atom. The number of ether oxygens (including phenoxy) is 1. The van der Waals surface area contributed by atoms with Gasteiger partial charge in [0.05, 0.1) is 19.3 Å². The van der Waals surface area contributed by atoms with Crippen LogP contribution >= 0.6 is 0 Å². The van der Waals surface area contributed by atoms with Crippen molar-refractivity contribution in [3.63, 3.8) is 0 Å². The highest BCUT2D eigenvalue weighted by Crippen LogP contribution is 2.34. The van der Waals surface area contributed by atoms with Crippen LogP contribution in [0.25, 0.3) is 0 Å². The summed E-state index contributed by atoms with van der Waals surface area (Å²) in [5.41, 5.74) is 1.20. The number of carbonyl (C=O) groups excluding carboxylic acids is 1. The Hall–Kier alpha value is -1.39. The second kappa shape index (κ2) is 7.05. The predicted molar refractivity (Wildman–Crippen MR) is 82.0 cm³/mol. The first kappa shape index (κ1) is 16.0. The summed E-state index contributed by atoms with van der Waals surface area (Å²) in [4.78, 5) is 11.8. The molecular weight excluding hydrogens is 266 g/mol. The Bertz CT molecular complexity index is 487. The van der Waals surface area contributed by atoms with E-state index in [1.807, 2.05) is 32.0 Å². The molecule has 1 amide bonds. The Morgan fingerprint density at radius 1 is 1.43 bits per heavy atom. The van der Waals surface area contributed by atoms with E-state index in [2.05, 4.69) is 11.4 Å². The van der Waals surface area contributed by atoms with Crippen LogP contribution in [0, 0.1) is 0 Å². The van der Waals surface area contributed by atoms with E-state index in [4.69, 9.17) is 4.74 Å². The Morgan fingerprint density at radius 2 is 2.19 bits per heavy atom. The quantitative estimate of drug-likeness (QED) is 0.844. The Labute approximate surface area is 126 Å². The molecule has 0 bridgehead atoms. The third kappa shape index (κ3) is 4.29. The molecule has 0 fully saturated rings. The number of rotatable bonds is 6. The van der Waals surface area contributed by atoms with Gasteiger partial charge in [0.25, 0.3) is 0 Å². The van der Waals surface area contributed by atoms with E-state index in [0.29, 0.717) is 19.4 Å². The number of aliphatic hydroxyl groups is 1. The van der Waals surface area contributed by atoms with E-state index >= 15 is 0 Å². The maximum atomic E-state index is 11.8. The zero-order valence-electron chi connectivity index (χ0n) is 12.9. The molecule has 21 heavy (non-hydrogen) atoms. The molecule has 116 valence electrons. The minimum Gasteiger partial charge on any atom is -0.383 e. The van der Waals surface area contributed by atoms with Crippen molar-refractivity contribution in [1.82, 2.24) is 5.32 Å². The molecule has 1 aliphatic rings. The van der Waals surface area contributed by atoms with Crippen LogP contribution in [0.15, 0.2) is 24.3 Å². The van der Waals surface area contributed by atoms with Gasteiger partial charge >= 0.3 is 0 Å². The summed E-state index contributed by atoms with van der Waals surface area (Å²) in [6.45, 7) is 4.57. The molecule has 0 radical (unpaired) electrons. The highest BCUT2D eigenvalue weighted by atomic mass is 16.5. The third-order valence-electron chi connectivity index (χ3n) is 3.91. The number of hydrogen-bond donors (Lipinski definition) is 2. The molecule has 1 aromatic carbocycles. The molecule has 2 rings (SSSR count). The van der Waals surface area contributed by atoms with Gasteiger partial charge in [0.1, 0.15) is 5.60 Å². The summed E-state index contributed by atoms with van der Waals surface area (Å²) in [6.07, 6.45) is 3.09. The molecule has 1 aromatic rings. The molecule has 2 N–H and O–H groups in total. The number of amides is 1. The van der Waals surface area contributed by atoms with Gasteiger partial charge in [0, 0.05) is 6.42 Å². The smallest absolute Gasteiger partial charge is 0.222 e. The summed E-state index contributed by atoms with van der Waals surface area (Å²) >= 11 is 0. The SMILES string of the molecule is CC(C)OCCC(=O)NCC1(O)CCCc2ccccc21. The molecule has 4 heteroatoms. The van der Waals surface area contributed by atoms with Crippen molar-refractivity contribution < 1.29 is 14.6 Å². The maximum absolute atomic E-state index is 11.8. The minimum atomic E-state index is -0.941. The molecule has 0 spiro atoms. The van der Waals surface area contributed by atoms with Crippen molar-refractivity contribution in [2.45, 2.75) is 51.2 Å². The lowest BCUT2D eigenvalue weighted by Crippen LogP contribution is -2.43. The number of carbonyl (C=O) groups is 1. The van der Waals surface area contributed by atoms with Gasteiger partial charge < -0.3 is 15.2 Å². The Balaban J connectivity index is 1.89. The van der Waals surface area contributed by atoms with Gasteiger partial charge in [0.2, 0.25) is 5.91 Å². The van der Waals surface area contributed by atoms with Crippen LogP contribution in [0.4, 0.5) is 0 Å². The van der Waals surface area contributed by atoms with Crippen molar-refractivity contribution in [2.24, 2.45) is 0 Å². The van der Waals surface area contributed by atoms with Gasteiger partial charge in [-0.1, -0.05) is 24.3 Å². The Kier molecular flexibility index (Phi) is 5.37. The van der Waals surface area contributed by atoms with Crippen molar-refractivity contribution >= 4 is 5.91 Å². The lowest BCUT2D eigenvalue weighted by molar-refractivity contribution is -0.124. The summed E-state index contributed by atoms with van der Waals surface area (Å²) in [7, 11) is 0. The van der Waals surface area contributed by atoms with Crippen LogP contribution < -0.4 is 5.32 Å². The third-order valence-corrected chi connectivity index (χ3v) is 3.91. The molecule has 0 heterocycles. The van der Waals surface area contributed by atoms with E-state index in [1.165, 1.54) is 5.56 Å². The first-order valence-corrected chi connectivity index (χ1v) is 7.70. The molecule has 0 saturated carbocycles. The zero-order chi connectivity index (χ0) is 15.3. The molecule has 4 nitrogen and oxygen atoms in total. The predicted octanol–water partition coefficient (Wildman–Crippen LogP) is 2.14. The van der Waals surface area contributed by atoms with Gasteiger partial charge in [0.15, 0.2) is 0 Å². The highest BCUT2D eigenvalue weighted by Gasteiger charge is 2.34. The monoisotopic (exact) mass is 291 g/mol. The first-order valence-electron chi connectivity index (χ1n) is 7.70. The van der Waals surface area contributed by atoms with Gasteiger partial charge in [-0.25, -0.2) is 0 Å². The number of benzene rings is 1. The normalized spacial score (nSPS) is 21.1. The fourth-order valence-electron chi connectivity index (χ4n) is 2.80. The number of hydrogen-bond acceptors (Lipinski definition) is 3. The lowest BCUT2D eigenvalue weighted by Gasteiger charge is -2.34. The molecule has 1 aliphatic carbocycles. The van der Waals surface area contributed by atoms with Gasteiger partial charge in [-0.15, -0.1) is 0 Å². The summed E-state index contributed by atoms with van der Waals surface area (Å²) in [5.74, 6) is -0.0767. The van der Waals surface area contributed by atoms with E-state index in [-0.39, 0.29) is 18.6 Å².